The van der Waals surface area contributed by atoms with Crippen LogP contribution in [0.1, 0.15) is 31.8 Å². The summed E-state index contributed by atoms with van der Waals surface area (Å²) in [5.41, 5.74) is -3.77. The summed E-state index contributed by atoms with van der Waals surface area (Å²) in [4.78, 5) is 27.7. The smallest absolute Gasteiger partial charge is 0.416 e. The molecule has 200 valence electrons. The Morgan fingerprint density at radius 2 is 0.917 bits per heavy atom. The summed E-state index contributed by atoms with van der Waals surface area (Å²) in [6.07, 6.45) is -8.16. The van der Waals surface area contributed by atoms with Gasteiger partial charge in [0.05, 0.1) is 32.0 Å². The van der Waals surface area contributed by atoms with E-state index in [1.807, 2.05) is 6.79 Å². The number of carbonyl (C=O) groups excluding carboxylic acids is 1. The van der Waals surface area contributed by atoms with Gasteiger partial charge in [-0.2, -0.15) is 26.3 Å². The van der Waals surface area contributed by atoms with Crippen LogP contribution in [-0.4, -0.2) is 58.3 Å². The molecule has 2 rings (SSSR count). The van der Waals surface area contributed by atoms with Crippen molar-refractivity contribution in [3.05, 3.63) is 58.7 Å². The van der Waals surface area contributed by atoms with E-state index in [0.717, 1.165) is 0 Å². The summed E-state index contributed by atoms with van der Waals surface area (Å²) < 4.78 is 119. The third-order valence-corrected chi connectivity index (χ3v) is 6.15. The third kappa shape index (κ3) is 8.95. The van der Waals surface area contributed by atoms with Gasteiger partial charge in [-0.3, -0.25) is 0 Å². The zero-order chi connectivity index (χ0) is 28.9. The molecule has 0 heterocycles. The predicted octanol–water partition coefficient (Wildman–Crippen LogP) is 3.43. The van der Waals surface area contributed by atoms with Crippen molar-refractivity contribution in [3.8, 4) is 0 Å². The Kier molecular flexibility index (Phi) is 10.4. The zero-order valence-electron chi connectivity index (χ0n) is 18.0. The first-order chi connectivity index (χ1) is 16.1. The molecule has 2 aromatic rings. The van der Waals surface area contributed by atoms with E-state index in [2.05, 4.69) is 0 Å². The van der Waals surface area contributed by atoms with Crippen molar-refractivity contribution in [2.75, 3.05) is 12.5 Å². The first-order valence-corrected chi connectivity index (χ1v) is 12.4. The number of alkyl halides is 6. The molecular weight excluding hydrogens is 550 g/mol. The van der Waals surface area contributed by atoms with Gasteiger partial charge < -0.3 is 15.0 Å². The number of hydrogen-bond acceptors (Lipinski definition) is 7. The molecule has 36 heavy (non-hydrogen) atoms. The lowest BCUT2D eigenvalue weighted by Gasteiger charge is -2.10. The molecule has 0 unspecified atom stereocenters. The van der Waals surface area contributed by atoms with Crippen molar-refractivity contribution < 1.29 is 67.8 Å². The SMILES string of the molecule is C=O.CS(=O)(=O)c1cc(C(F)(F)F)ccc1C(=O)O.CS(=O)(=O)c1cc(C(F)(F)F)ccc1C(=O)O. The molecule has 0 aliphatic carbocycles. The van der Waals surface area contributed by atoms with Gasteiger partial charge >= 0.3 is 24.3 Å². The van der Waals surface area contributed by atoms with Crippen LogP contribution in [-0.2, 0) is 36.8 Å². The number of carboxylic acids is 2. The zero-order valence-corrected chi connectivity index (χ0v) is 19.6. The summed E-state index contributed by atoms with van der Waals surface area (Å²) in [6, 6.07) is 2.94. The van der Waals surface area contributed by atoms with Crippen LogP contribution in [0, 0.1) is 0 Å². The maximum Gasteiger partial charge on any atom is 0.416 e. The lowest BCUT2D eigenvalue weighted by atomic mass is 10.1. The monoisotopic (exact) mass is 566 g/mol. The second kappa shape index (κ2) is 11.5. The molecular formula is C19H16F6O9S2. The van der Waals surface area contributed by atoms with Gasteiger partial charge in [0, 0.05) is 12.5 Å². The molecule has 17 heteroatoms. The number of sulfone groups is 2. The number of aromatic carboxylic acids is 2. The molecule has 0 saturated carbocycles. The maximum absolute atomic E-state index is 12.3. The van der Waals surface area contributed by atoms with Gasteiger partial charge in [-0.05, 0) is 36.4 Å². The van der Waals surface area contributed by atoms with Crippen LogP contribution in [0.4, 0.5) is 26.3 Å². The van der Waals surface area contributed by atoms with Gasteiger partial charge in [-0.1, -0.05) is 0 Å². The summed E-state index contributed by atoms with van der Waals surface area (Å²) >= 11 is 0. The number of carboxylic acid groups (broad SMARTS) is 2. The predicted molar refractivity (Wildman–Crippen MR) is 110 cm³/mol. The number of halogens is 6. The van der Waals surface area contributed by atoms with Crippen LogP contribution in [0.5, 0.6) is 0 Å². The van der Waals surface area contributed by atoms with Crippen LogP contribution in [0.25, 0.3) is 0 Å². The largest absolute Gasteiger partial charge is 0.478 e. The third-order valence-electron chi connectivity index (χ3n) is 3.88. The lowest BCUT2D eigenvalue weighted by Crippen LogP contribution is -2.12. The first kappa shape index (κ1) is 32.5. The minimum Gasteiger partial charge on any atom is -0.478 e. The molecule has 9 nitrogen and oxygen atoms in total. The Hall–Kier alpha value is -3.47. The van der Waals surface area contributed by atoms with E-state index in [1.165, 1.54) is 0 Å². The molecule has 0 saturated heterocycles. The fraction of sp³-hybridized carbons (Fsp3) is 0.211. The van der Waals surface area contributed by atoms with Crippen molar-refractivity contribution in [1.29, 1.82) is 0 Å². The van der Waals surface area contributed by atoms with Crippen LogP contribution in [0.3, 0.4) is 0 Å². The molecule has 0 aliphatic rings. The fourth-order valence-corrected chi connectivity index (χ4v) is 4.16. The second-order valence-corrected chi connectivity index (χ2v) is 10.5. The fourth-order valence-electron chi connectivity index (χ4n) is 2.36. The first-order valence-electron chi connectivity index (χ1n) is 8.65. The maximum atomic E-state index is 12.3. The van der Waals surface area contributed by atoms with Crippen molar-refractivity contribution in [3.63, 3.8) is 0 Å². The van der Waals surface area contributed by atoms with E-state index in [4.69, 9.17) is 15.0 Å². The van der Waals surface area contributed by atoms with Crippen LogP contribution >= 0.6 is 0 Å². The number of hydrogen-bond donors (Lipinski definition) is 2. The van der Waals surface area contributed by atoms with Gasteiger partial charge in [0.25, 0.3) is 0 Å². The van der Waals surface area contributed by atoms with Gasteiger partial charge in [0.2, 0.25) is 0 Å². The molecule has 0 atom stereocenters. The van der Waals surface area contributed by atoms with Gasteiger partial charge in [0.15, 0.2) is 19.7 Å². The molecule has 0 radical (unpaired) electrons. The van der Waals surface area contributed by atoms with Crippen LogP contribution in [0.15, 0.2) is 46.2 Å². The number of rotatable bonds is 4. The van der Waals surface area contributed by atoms with E-state index in [1.54, 1.807) is 0 Å². The van der Waals surface area contributed by atoms with Gasteiger partial charge in [0.1, 0.15) is 6.79 Å². The Labute approximate surface area is 199 Å². The lowest BCUT2D eigenvalue weighted by molar-refractivity contribution is -0.138. The average molecular weight is 566 g/mol. The Bertz CT molecular complexity index is 1240. The summed E-state index contributed by atoms with van der Waals surface area (Å²) in [7, 11) is -8.08. The minimum absolute atomic E-state index is 0.318. The topological polar surface area (TPSA) is 160 Å². The highest BCUT2D eigenvalue weighted by atomic mass is 32.2. The van der Waals surface area contributed by atoms with Gasteiger partial charge in [-0.15, -0.1) is 0 Å². The van der Waals surface area contributed by atoms with E-state index in [-0.39, 0.29) is 0 Å². The second-order valence-electron chi connectivity index (χ2n) is 6.57. The highest BCUT2D eigenvalue weighted by Crippen LogP contribution is 2.33. The van der Waals surface area contributed by atoms with Crippen molar-refractivity contribution >= 4 is 38.4 Å². The van der Waals surface area contributed by atoms with E-state index in [0.29, 0.717) is 48.9 Å². The molecule has 0 fully saturated rings. The Morgan fingerprint density at radius 3 is 1.08 bits per heavy atom. The summed E-state index contributed by atoms with van der Waals surface area (Å²) in [6.45, 7) is 2.00. The minimum atomic E-state index is -4.73. The molecule has 0 spiro atoms. The summed E-state index contributed by atoms with van der Waals surface area (Å²) in [5, 5.41) is 17.4. The average Bonchev–Trinajstić information content (AvgIpc) is 2.72. The quantitative estimate of drug-likeness (QED) is 0.529. The number of benzene rings is 2. The molecule has 2 aromatic carbocycles. The van der Waals surface area contributed by atoms with Gasteiger partial charge in [-0.25, -0.2) is 26.4 Å². The molecule has 0 aromatic heterocycles. The van der Waals surface area contributed by atoms with Crippen LogP contribution in [0.2, 0.25) is 0 Å². The number of carbonyl (C=O) groups is 3. The van der Waals surface area contributed by atoms with E-state index < -0.39 is 76.0 Å². The normalized spacial score (nSPS) is 11.9. The standard InChI is InChI=1S/2C9H7F3O4S.CH2O/c2*1-17(15,16)7-4-5(9(10,11)12)2-3-6(7)8(13)14;1-2/h2*2-4H,1H3,(H,13,14);1H2. The van der Waals surface area contributed by atoms with E-state index in [9.17, 15) is 52.8 Å². The molecule has 0 bridgehead atoms. The Morgan fingerprint density at radius 1 is 0.667 bits per heavy atom. The molecule has 2 N–H and O–H groups in total. The van der Waals surface area contributed by atoms with Crippen molar-refractivity contribution in [1.82, 2.24) is 0 Å². The van der Waals surface area contributed by atoms with Crippen LogP contribution < -0.4 is 0 Å². The Balaban J connectivity index is 0.000000637. The van der Waals surface area contributed by atoms with Crippen molar-refractivity contribution in [2.45, 2.75) is 22.1 Å². The van der Waals surface area contributed by atoms with Crippen molar-refractivity contribution in [2.24, 2.45) is 0 Å². The highest BCUT2D eigenvalue weighted by Gasteiger charge is 2.34. The molecule has 0 amide bonds. The highest BCUT2D eigenvalue weighted by molar-refractivity contribution is 7.91. The summed E-state index contributed by atoms with van der Waals surface area (Å²) in [5.74, 6) is -3.20. The molecule has 0 aliphatic heterocycles. The van der Waals surface area contributed by atoms with E-state index >= 15 is 0 Å².